The van der Waals surface area contributed by atoms with E-state index in [1.807, 2.05) is 25.1 Å². The van der Waals surface area contributed by atoms with Crippen molar-refractivity contribution in [2.75, 3.05) is 18.4 Å². The Morgan fingerprint density at radius 2 is 2.22 bits per heavy atom. The molecule has 1 aliphatic carbocycles. The molecule has 2 unspecified atom stereocenters. The van der Waals surface area contributed by atoms with Crippen molar-refractivity contribution in [1.82, 2.24) is 9.88 Å². The Labute approximate surface area is 134 Å². The molecule has 122 valence electrons. The molecule has 4 rings (SSSR count). The molecule has 1 aromatic heterocycles. The average molecular weight is 315 g/mol. The first kappa shape index (κ1) is 14.5. The minimum absolute atomic E-state index is 0.183. The molecular formula is C17H21N3O3. The zero-order valence-corrected chi connectivity index (χ0v) is 13.2. The van der Waals surface area contributed by atoms with Crippen molar-refractivity contribution in [3.8, 4) is 0 Å². The summed E-state index contributed by atoms with van der Waals surface area (Å²) in [6.07, 6.45) is 2.66. The lowest BCUT2D eigenvalue weighted by Crippen LogP contribution is -2.47. The molecule has 23 heavy (non-hydrogen) atoms. The number of hydrogen-bond donors (Lipinski definition) is 2. The van der Waals surface area contributed by atoms with Crippen LogP contribution in [0.3, 0.4) is 0 Å². The van der Waals surface area contributed by atoms with Gasteiger partial charge in [-0.15, -0.1) is 0 Å². The monoisotopic (exact) mass is 315 g/mol. The van der Waals surface area contributed by atoms with Crippen LogP contribution in [-0.2, 0) is 0 Å². The summed E-state index contributed by atoms with van der Waals surface area (Å²) >= 11 is 0. The second-order valence-corrected chi connectivity index (χ2v) is 6.72. The second kappa shape index (κ2) is 5.53. The predicted octanol–water partition coefficient (Wildman–Crippen LogP) is 2.94. The van der Waals surface area contributed by atoms with Gasteiger partial charge in [0.15, 0.2) is 11.5 Å². The number of aromatic nitrogens is 1. The molecule has 0 bridgehead atoms. The van der Waals surface area contributed by atoms with Crippen LogP contribution in [0.1, 0.15) is 38.0 Å². The number of β-amino-alcohol motifs (C(OH)–C–C–N with tert-alkyl or cyclic N) is 1. The van der Waals surface area contributed by atoms with Crippen LogP contribution in [-0.4, -0.2) is 40.2 Å². The van der Waals surface area contributed by atoms with E-state index in [-0.39, 0.29) is 11.9 Å². The number of aliphatic hydroxyl groups is 1. The number of rotatable bonds is 2. The molecule has 2 aliphatic rings. The minimum atomic E-state index is -0.452. The molecule has 1 saturated carbocycles. The summed E-state index contributed by atoms with van der Waals surface area (Å²) in [4.78, 5) is 18.5. The van der Waals surface area contributed by atoms with Gasteiger partial charge in [-0.1, -0.05) is 6.92 Å². The first-order chi connectivity index (χ1) is 11.1. The first-order valence-corrected chi connectivity index (χ1v) is 8.24. The first-order valence-electron chi connectivity index (χ1n) is 8.24. The van der Waals surface area contributed by atoms with Crippen molar-refractivity contribution in [2.45, 2.75) is 38.2 Å². The van der Waals surface area contributed by atoms with Crippen LogP contribution in [0.25, 0.3) is 11.1 Å². The van der Waals surface area contributed by atoms with Crippen molar-refractivity contribution in [3.63, 3.8) is 0 Å². The summed E-state index contributed by atoms with van der Waals surface area (Å²) in [6, 6.07) is 5.34. The summed E-state index contributed by atoms with van der Waals surface area (Å²) in [5, 5.41) is 12.8. The number of aliphatic hydroxyl groups excluding tert-OH is 1. The Hall–Kier alpha value is -2.08. The summed E-state index contributed by atoms with van der Waals surface area (Å²) < 4.78 is 5.77. The van der Waals surface area contributed by atoms with Gasteiger partial charge in [0, 0.05) is 30.8 Å². The Morgan fingerprint density at radius 1 is 1.39 bits per heavy atom. The van der Waals surface area contributed by atoms with Crippen LogP contribution >= 0.6 is 0 Å². The van der Waals surface area contributed by atoms with Gasteiger partial charge in [0.25, 0.3) is 0 Å². The number of piperidine rings is 1. The molecule has 2 fully saturated rings. The zero-order chi connectivity index (χ0) is 16.0. The Morgan fingerprint density at radius 3 is 2.96 bits per heavy atom. The van der Waals surface area contributed by atoms with Crippen LogP contribution in [0.5, 0.6) is 0 Å². The van der Waals surface area contributed by atoms with Gasteiger partial charge in [-0.25, -0.2) is 9.78 Å². The summed E-state index contributed by atoms with van der Waals surface area (Å²) in [7, 11) is 0. The van der Waals surface area contributed by atoms with E-state index >= 15 is 0 Å². The highest BCUT2D eigenvalue weighted by molar-refractivity contribution is 5.91. The Kier molecular flexibility index (Phi) is 3.49. The van der Waals surface area contributed by atoms with Crippen LogP contribution in [0.2, 0.25) is 0 Å². The van der Waals surface area contributed by atoms with Gasteiger partial charge in [-0.2, -0.15) is 0 Å². The fraction of sp³-hybridized carbons (Fsp3) is 0.529. The van der Waals surface area contributed by atoms with E-state index in [4.69, 9.17) is 4.42 Å². The molecule has 0 radical (unpaired) electrons. The number of carbonyl (C=O) groups is 1. The van der Waals surface area contributed by atoms with E-state index < -0.39 is 6.10 Å². The number of nitrogens with one attached hydrogen (secondary N) is 1. The lowest BCUT2D eigenvalue weighted by Gasteiger charge is -2.34. The van der Waals surface area contributed by atoms with Crippen LogP contribution in [0.4, 0.5) is 10.5 Å². The number of carbonyl (C=O) groups excluding carboxylic acids is 1. The maximum atomic E-state index is 12.3. The van der Waals surface area contributed by atoms with Crippen LogP contribution in [0.15, 0.2) is 22.6 Å². The molecule has 2 N–H and O–H groups in total. The van der Waals surface area contributed by atoms with Gasteiger partial charge in [0.2, 0.25) is 0 Å². The van der Waals surface area contributed by atoms with Gasteiger partial charge in [-0.3, -0.25) is 0 Å². The minimum Gasteiger partial charge on any atom is -0.440 e. The maximum Gasteiger partial charge on any atom is 0.321 e. The lowest BCUT2D eigenvalue weighted by atomic mass is 9.96. The number of fused-ring (bicyclic) bond motifs is 1. The average Bonchev–Trinajstić information content (AvgIpc) is 3.30. The lowest BCUT2D eigenvalue weighted by molar-refractivity contribution is 0.0464. The fourth-order valence-corrected chi connectivity index (χ4v) is 2.96. The van der Waals surface area contributed by atoms with E-state index in [9.17, 15) is 9.90 Å². The third kappa shape index (κ3) is 2.91. The molecule has 2 amide bonds. The zero-order valence-electron chi connectivity index (χ0n) is 13.2. The van der Waals surface area contributed by atoms with E-state index in [1.54, 1.807) is 4.90 Å². The fourth-order valence-electron chi connectivity index (χ4n) is 2.96. The Balaban J connectivity index is 1.47. The standard InChI is InChI=1S/C17H21N3O3/c1-10-6-7-20(9-14(10)21)17(22)18-12-4-5-13-15(8-12)23-16(19-13)11-2-3-11/h4-5,8,10-11,14,21H,2-3,6-7,9H2,1H3,(H,18,22). The number of oxazole rings is 1. The van der Waals surface area contributed by atoms with E-state index in [1.165, 1.54) is 0 Å². The molecule has 1 aromatic carbocycles. The van der Waals surface area contributed by atoms with E-state index in [2.05, 4.69) is 10.3 Å². The number of hydrogen-bond acceptors (Lipinski definition) is 4. The molecule has 6 nitrogen and oxygen atoms in total. The normalized spacial score (nSPS) is 24.9. The van der Waals surface area contributed by atoms with Crippen molar-refractivity contribution in [2.24, 2.45) is 5.92 Å². The molecule has 0 spiro atoms. The van der Waals surface area contributed by atoms with Crippen molar-refractivity contribution in [1.29, 1.82) is 0 Å². The Bertz CT molecular complexity index is 738. The highest BCUT2D eigenvalue weighted by Gasteiger charge is 2.29. The molecule has 1 saturated heterocycles. The third-order valence-corrected chi connectivity index (χ3v) is 4.79. The molecule has 2 atom stereocenters. The number of anilines is 1. The maximum absolute atomic E-state index is 12.3. The van der Waals surface area contributed by atoms with E-state index in [0.717, 1.165) is 30.7 Å². The number of likely N-dealkylation sites (tertiary alicyclic amines) is 1. The highest BCUT2D eigenvalue weighted by atomic mass is 16.3. The van der Waals surface area contributed by atoms with Crippen molar-refractivity contribution < 1.29 is 14.3 Å². The summed E-state index contributed by atoms with van der Waals surface area (Å²) in [6.45, 7) is 3.05. The smallest absolute Gasteiger partial charge is 0.321 e. The molecule has 6 heteroatoms. The second-order valence-electron chi connectivity index (χ2n) is 6.72. The molecule has 2 aromatic rings. The van der Waals surface area contributed by atoms with Gasteiger partial charge < -0.3 is 19.7 Å². The number of benzene rings is 1. The molecule has 1 aliphatic heterocycles. The van der Waals surface area contributed by atoms with Crippen molar-refractivity contribution in [3.05, 3.63) is 24.1 Å². The molecule has 2 heterocycles. The largest absolute Gasteiger partial charge is 0.440 e. The highest BCUT2D eigenvalue weighted by Crippen LogP contribution is 2.40. The number of amides is 2. The van der Waals surface area contributed by atoms with Gasteiger partial charge >= 0.3 is 6.03 Å². The van der Waals surface area contributed by atoms with Crippen LogP contribution in [0, 0.1) is 5.92 Å². The predicted molar refractivity (Wildman–Crippen MR) is 86.4 cm³/mol. The number of urea groups is 1. The topological polar surface area (TPSA) is 78.6 Å². The molecular weight excluding hydrogens is 294 g/mol. The SMILES string of the molecule is CC1CCN(C(=O)Nc2ccc3nc(C4CC4)oc3c2)CC1O. The van der Waals surface area contributed by atoms with Gasteiger partial charge in [-0.05, 0) is 37.3 Å². The summed E-state index contributed by atoms with van der Waals surface area (Å²) in [5.74, 6) is 1.51. The summed E-state index contributed by atoms with van der Waals surface area (Å²) in [5.41, 5.74) is 2.22. The van der Waals surface area contributed by atoms with Crippen molar-refractivity contribution >= 4 is 22.8 Å². The quantitative estimate of drug-likeness (QED) is 0.893. The van der Waals surface area contributed by atoms with Gasteiger partial charge in [0.1, 0.15) is 5.52 Å². The number of nitrogens with zero attached hydrogens (tertiary/aromatic N) is 2. The van der Waals surface area contributed by atoms with E-state index in [0.29, 0.717) is 30.3 Å². The van der Waals surface area contributed by atoms with Crippen LogP contribution < -0.4 is 5.32 Å². The van der Waals surface area contributed by atoms with Gasteiger partial charge in [0.05, 0.1) is 6.10 Å². The third-order valence-electron chi connectivity index (χ3n) is 4.79.